The molecule has 5 aliphatic rings. The Morgan fingerprint density at radius 2 is 1.81 bits per heavy atom. The molecule has 1 saturated heterocycles. The van der Waals surface area contributed by atoms with Crippen molar-refractivity contribution in [1.82, 2.24) is 0 Å². The van der Waals surface area contributed by atoms with Crippen LogP contribution in [0.2, 0.25) is 0 Å². The average Bonchev–Trinajstić information content (AvgIpc) is 3.82. The van der Waals surface area contributed by atoms with Crippen LogP contribution in [0.15, 0.2) is 53.7 Å². The molecule has 9 heteroatoms. The first-order valence-corrected chi connectivity index (χ1v) is 15.4. The molecular weight excluding hydrogens is 550 g/mol. The predicted molar refractivity (Wildman–Crippen MR) is 155 cm³/mol. The third-order valence-corrected chi connectivity index (χ3v) is 11.1. The summed E-state index contributed by atoms with van der Waals surface area (Å²) in [6, 6.07) is 18.0. The van der Waals surface area contributed by atoms with Gasteiger partial charge in [0, 0.05) is 22.3 Å². The Balaban J connectivity index is 1.07. The zero-order valence-corrected chi connectivity index (χ0v) is 23.9. The van der Waals surface area contributed by atoms with Gasteiger partial charge in [-0.2, -0.15) is 5.26 Å². The summed E-state index contributed by atoms with van der Waals surface area (Å²) in [6.07, 6.45) is 4.36. The summed E-state index contributed by atoms with van der Waals surface area (Å²) in [5, 5.41) is 15.0. The van der Waals surface area contributed by atoms with Gasteiger partial charge in [0.1, 0.15) is 23.8 Å². The van der Waals surface area contributed by atoms with Crippen LogP contribution in [0.25, 0.3) is 0 Å². The standard InChI is InChI=1S/C33H29N3O5S/c1-39-24-13-18(11-12-23(24)40-16-17-7-3-2-4-8-17)29-28-20-14-21(30(28)41-35-29)27-26(20)31(37)36(32(27)38)33-22(15-34)19-9-5-6-10-25(19)42-33/h2-4,7-8,11-13,20-21,26-28,30H,5-6,9-10,14,16H2,1H3/t20-,21+,26+,27+,28-,30-/m1/s1. The van der Waals surface area contributed by atoms with Crippen molar-refractivity contribution in [2.45, 2.75) is 44.8 Å². The maximum Gasteiger partial charge on any atom is 0.238 e. The summed E-state index contributed by atoms with van der Waals surface area (Å²) in [7, 11) is 1.61. The number of hydrogen-bond donors (Lipinski definition) is 0. The van der Waals surface area contributed by atoms with Crippen molar-refractivity contribution >= 4 is 33.9 Å². The van der Waals surface area contributed by atoms with Crippen LogP contribution in [0.3, 0.4) is 0 Å². The van der Waals surface area contributed by atoms with E-state index in [-0.39, 0.29) is 35.7 Å². The molecule has 3 aliphatic carbocycles. The second-order valence-electron chi connectivity index (χ2n) is 11.8. The number of nitriles is 1. The molecular formula is C33H29N3O5S. The molecule has 2 bridgehead atoms. The number of hydrogen-bond acceptors (Lipinski definition) is 8. The smallest absolute Gasteiger partial charge is 0.238 e. The van der Waals surface area contributed by atoms with Crippen LogP contribution in [0.5, 0.6) is 11.5 Å². The predicted octanol–water partition coefficient (Wildman–Crippen LogP) is 5.26. The number of aryl methyl sites for hydroxylation is 1. The maximum atomic E-state index is 14.0. The maximum absolute atomic E-state index is 14.0. The zero-order chi connectivity index (χ0) is 28.5. The molecule has 42 heavy (non-hydrogen) atoms. The third kappa shape index (κ3) is 3.61. The van der Waals surface area contributed by atoms with Crippen molar-refractivity contribution < 1.29 is 23.9 Å². The lowest BCUT2D eigenvalue weighted by molar-refractivity contribution is -0.125. The zero-order valence-electron chi connectivity index (χ0n) is 23.1. The van der Waals surface area contributed by atoms with E-state index in [2.05, 4.69) is 11.2 Å². The molecule has 1 aromatic heterocycles. The molecule has 0 unspecified atom stereocenters. The topological polar surface area (TPSA) is 101 Å². The summed E-state index contributed by atoms with van der Waals surface area (Å²) in [5.74, 6) is -0.169. The van der Waals surface area contributed by atoms with E-state index in [0.29, 0.717) is 28.7 Å². The number of anilines is 1. The largest absolute Gasteiger partial charge is 0.493 e. The number of amides is 2. The highest BCUT2D eigenvalue weighted by Crippen LogP contribution is 2.62. The normalized spacial score (nSPS) is 28.6. The van der Waals surface area contributed by atoms with E-state index in [1.165, 1.54) is 16.2 Å². The van der Waals surface area contributed by atoms with E-state index < -0.39 is 11.8 Å². The van der Waals surface area contributed by atoms with Crippen molar-refractivity contribution in [3.63, 3.8) is 0 Å². The Morgan fingerprint density at radius 3 is 2.60 bits per heavy atom. The summed E-state index contributed by atoms with van der Waals surface area (Å²) in [6.45, 7) is 0.422. The van der Waals surface area contributed by atoms with Gasteiger partial charge in [0.2, 0.25) is 11.8 Å². The lowest BCUT2D eigenvalue weighted by atomic mass is 9.71. The number of carbonyl (C=O) groups excluding carboxylic acids is 2. The summed E-state index contributed by atoms with van der Waals surface area (Å²) >= 11 is 1.46. The van der Waals surface area contributed by atoms with Crippen LogP contribution in [-0.2, 0) is 33.9 Å². The molecule has 212 valence electrons. The molecule has 6 atom stereocenters. The molecule has 0 N–H and O–H groups in total. The van der Waals surface area contributed by atoms with E-state index in [1.54, 1.807) is 7.11 Å². The number of rotatable bonds is 6. The van der Waals surface area contributed by atoms with Gasteiger partial charge in [-0.15, -0.1) is 11.3 Å². The van der Waals surface area contributed by atoms with E-state index in [1.807, 2.05) is 48.5 Å². The number of oxime groups is 1. The minimum Gasteiger partial charge on any atom is -0.493 e. The van der Waals surface area contributed by atoms with Gasteiger partial charge in [-0.05, 0) is 67.3 Å². The minimum atomic E-state index is -0.424. The SMILES string of the molecule is COc1cc(C2=NO[C@@H]3[C@H]4C[C@@H]([C@H]23)[C@@H]2C(=O)N(c3sc5c(c3C#N)CCCC5)C(=O)[C@@H]42)ccc1OCc1ccccc1. The molecule has 2 aromatic carbocycles. The molecule has 8 rings (SSSR count). The van der Waals surface area contributed by atoms with Crippen molar-refractivity contribution in [2.24, 2.45) is 34.7 Å². The monoisotopic (exact) mass is 579 g/mol. The van der Waals surface area contributed by atoms with E-state index >= 15 is 0 Å². The number of ether oxygens (including phenoxy) is 2. The summed E-state index contributed by atoms with van der Waals surface area (Å²) < 4.78 is 11.7. The van der Waals surface area contributed by atoms with Gasteiger partial charge < -0.3 is 14.3 Å². The molecule has 8 nitrogen and oxygen atoms in total. The number of imide groups is 1. The van der Waals surface area contributed by atoms with Crippen LogP contribution in [0.4, 0.5) is 5.00 Å². The van der Waals surface area contributed by atoms with Gasteiger partial charge >= 0.3 is 0 Å². The molecule has 2 saturated carbocycles. The van der Waals surface area contributed by atoms with Gasteiger partial charge in [-0.1, -0.05) is 35.5 Å². The minimum absolute atomic E-state index is 0.0483. The fourth-order valence-electron chi connectivity index (χ4n) is 8.07. The number of fused-ring (bicyclic) bond motifs is 9. The Hall–Kier alpha value is -4.16. The molecule has 2 aliphatic heterocycles. The summed E-state index contributed by atoms with van der Waals surface area (Å²) in [4.78, 5) is 36.4. The third-order valence-electron chi connectivity index (χ3n) is 9.85. The Bertz CT molecular complexity index is 1690. The number of benzene rings is 2. The molecule has 0 radical (unpaired) electrons. The first-order chi connectivity index (χ1) is 20.6. The second-order valence-corrected chi connectivity index (χ2v) is 12.9. The van der Waals surface area contributed by atoms with Crippen LogP contribution < -0.4 is 14.4 Å². The lowest BCUT2D eigenvalue weighted by Crippen LogP contribution is -2.41. The first-order valence-electron chi connectivity index (χ1n) is 14.6. The van der Waals surface area contributed by atoms with Crippen molar-refractivity contribution in [1.29, 1.82) is 5.26 Å². The van der Waals surface area contributed by atoms with E-state index in [9.17, 15) is 14.9 Å². The Labute approximate surface area is 247 Å². The quantitative estimate of drug-likeness (QED) is 0.369. The van der Waals surface area contributed by atoms with Crippen molar-refractivity contribution in [3.05, 3.63) is 75.7 Å². The van der Waals surface area contributed by atoms with Gasteiger partial charge in [0.25, 0.3) is 0 Å². The second kappa shape index (κ2) is 9.70. The Morgan fingerprint density at radius 1 is 1.02 bits per heavy atom. The highest BCUT2D eigenvalue weighted by Gasteiger charge is 2.70. The molecule has 3 fully saturated rings. The summed E-state index contributed by atoms with van der Waals surface area (Å²) in [5.41, 5.74) is 4.27. The van der Waals surface area contributed by atoms with Crippen LogP contribution in [0.1, 0.15) is 46.4 Å². The number of methoxy groups -OCH3 is 1. The molecule has 3 aromatic rings. The number of nitrogens with zero attached hydrogens (tertiary/aromatic N) is 3. The van der Waals surface area contributed by atoms with Crippen LogP contribution in [0, 0.1) is 40.9 Å². The number of thiophene rings is 1. The van der Waals surface area contributed by atoms with Crippen LogP contribution in [-0.4, -0.2) is 30.7 Å². The van der Waals surface area contributed by atoms with E-state index in [4.69, 9.17) is 14.3 Å². The Kier molecular flexibility index (Phi) is 5.90. The van der Waals surface area contributed by atoms with Crippen molar-refractivity contribution in [2.75, 3.05) is 12.0 Å². The molecule has 0 spiro atoms. The molecule has 3 heterocycles. The fourth-order valence-corrected chi connectivity index (χ4v) is 9.42. The van der Waals surface area contributed by atoms with E-state index in [0.717, 1.165) is 59.4 Å². The molecule has 2 amide bonds. The highest BCUT2D eigenvalue weighted by molar-refractivity contribution is 7.17. The van der Waals surface area contributed by atoms with Gasteiger partial charge in [-0.25, -0.2) is 4.90 Å². The highest BCUT2D eigenvalue weighted by atomic mass is 32.1. The first kappa shape index (κ1) is 25.5. The fraction of sp³-hybridized carbons (Fsp3) is 0.394. The lowest BCUT2D eigenvalue weighted by Gasteiger charge is -2.29. The van der Waals surface area contributed by atoms with Crippen LogP contribution >= 0.6 is 11.3 Å². The van der Waals surface area contributed by atoms with Gasteiger partial charge in [-0.3, -0.25) is 9.59 Å². The number of carbonyl (C=O) groups is 2. The van der Waals surface area contributed by atoms with Gasteiger partial charge in [0.05, 0.1) is 30.2 Å². The average molecular weight is 580 g/mol. The van der Waals surface area contributed by atoms with Gasteiger partial charge in [0.15, 0.2) is 11.5 Å². The van der Waals surface area contributed by atoms with Crippen molar-refractivity contribution in [3.8, 4) is 17.6 Å².